The summed E-state index contributed by atoms with van der Waals surface area (Å²) in [5.74, 6) is 0.698. The normalized spacial score (nSPS) is 14.6. The second kappa shape index (κ2) is 9.70. The molecule has 1 aliphatic rings. The summed E-state index contributed by atoms with van der Waals surface area (Å²) in [5, 5.41) is 2.75. The van der Waals surface area contributed by atoms with Gasteiger partial charge in [-0.25, -0.2) is 13.1 Å². The molecule has 0 heterocycles. The number of nitrogens with one attached hydrogen (secondary N) is 2. The molecule has 1 atom stereocenters. The molecule has 7 nitrogen and oxygen atoms in total. The summed E-state index contributed by atoms with van der Waals surface area (Å²) in [6.07, 6.45) is 3.47. The van der Waals surface area contributed by atoms with E-state index in [1.165, 1.54) is 36.4 Å². The Morgan fingerprint density at radius 3 is 2.48 bits per heavy atom. The SMILES string of the molecule is COc1ccc(S(=O)(=O)NC(C)C)cc1NC(=O)C(C)Oc1cccc2c1CCCC2. The number of benzene rings is 2. The molecule has 1 aliphatic carbocycles. The molecule has 1 unspecified atom stereocenters. The van der Waals surface area contributed by atoms with E-state index in [2.05, 4.69) is 16.1 Å². The Balaban J connectivity index is 1.78. The highest BCUT2D eigenvalue weighted by molar-refractivity contribution is 7.89. The molecule has 8 heteroatoms. The third-order valence-electron chi connectivity index (χ3n) is 5.16. The van der Waals surface area contributed by atoms with Gasteiger partial charge in [0.05, 0.1) is 17.7 Å². The number of amides is 1. The van der Waals surface area contributed by atoms with E-state index in [1.54, 1.807) is 20.8 Å². The molecule has 0 radical (unpaired) electrons. The summed E-state index contributed by atoms with van der Waals surface area (Å²) in [5.41, 5.74) is 2.71. The molecule has 168 valence electrons. The van der Waals surface area contributed by atoms with Crippen molar-refractivity contribution < 1.29 is 22.7 Å². The zero-order valence-electron chi connectivity index (χ0n) is 18.4. The van der Waals surface area contributed by atoms with Crippen LogP contribution in [0.2, 0.25) is 0 Å². The third kappa shape index (κ3) is 5.57. The predicted octanol–water partition coefficient (Wildman–Crippen LogP) is 3.67. The summed E-state index contributed by atoms with van der Waals surface area (Å²) in [7, 11) is -2.25. The smallest absolute Gasteiger partial charge is 0.265 e. The lowest BCUT2D eigenvalue weighted by Crippen LogP contribution is -2.31. The van der Waals surface area contributed by atoms with Crippen molar-refractivity contribution in [3.05, 3.63) is 47.5 Å². The molecule has 2 aromatic rings. The molecule has 1 amide bonds. The number of carbonyl (C=O) groups excluding carboxylic acids is 1. The minimum Gasteiger partial charge on any atom is -0.495 e. The summed E-state index contributed by atoms with van der Waals surface area (Å²) >= 11 is 0. The van der Waals surface area contributed by atoms with Gasteiger partial charge >= 0.3 is 0 Å². The van der Waals surface area contributed by atoms with Crippen LogP contribution < -0.4 is 19.5 Å². The van der Waals surface area contributed by atoms with Gasteiger partial charge in [-0.3, -0.25) is 4.79 Å². The van der Waals surface area contributed by atoms with Crippen molar-refractivity contribution >= 4 is 21.6 Å². The zero-order valence-corrected chi connectivity index (χ0v) is 19.2. The van der Waals surface area contributed by atoms with Crippen LogP contribution in [-0.2, 0) is 27.7 Å². The van der Waals surface area contributed by atoms with E-state index in [4.69, 9.17) is 9.47 Å². The Hall–Kier alpha value is -2.58. The van der Waals surface area contributed by atoms with Crippen LogP contribution in [0.4, 0.5) is 5.69 Å². The maximum atomic E-state index is 12.8. The van der Waals surface area contributed by atoms with E-state index in [9.17, 15) is 13.2 Å². The number of ether oxygens (including phenoxy) is 2. The minimum absolute atomic E-state index is 0.0444. The average Bonchev–Trinajstić information content (AvgIpc) is 2.73. The van der Waals surface area contributed by atoms with Crippen LogP contribution in [0.1, 0.15) is 44.7 Å². The van der Waals surface area contributed by atoms with Gasteiger partial charge in [-0.2, -0.15) is 0 Å². The Morgan fingerprint density at radius 2 is 1.77 bits per heavy atom. The fraction of sp³-hybridized carbons (Fsp3) is 0.435. The molecule has 0 fully saturated rings. The number of aryl methyl sites for hydroxylation is 1. The fourth-order valence-corrected chi connectivity index (χ4v) is 4.94. The van der Waals surface area contributed by atoms with E-state index >= 15 is 0 Å². The Morgan fingerprint density at radius 1 is 1.03 bits per heavy atom. The minimum atomic E-state index is -3.71. The summed E-state index contributed by atoms with van der Waals surface area (Å²) in [6, 6.07) is 10.0. The molecule has 2 N–H and O–H groups in total. The van der Waals surface area contributed by atoms with Gasteiger partial charge in [-0.1, -0.05) is 12.1 Å². The van der Waals surface area contributed by atoms with E-state index in [-0.39, 0.29) is 16.6 Å². The van der Waals surface area contributed by atoms with Crippen molar-refractivity contribution in [1.82, 2.24) is 4.72 Å². The highest BCUT2D eigenvalue weighted by Gasteiger charge is 2.22. The van der Waals surface area contributed by atoms with Gasteiger partial charge in [0.2, 0.25) is 10.0 Å². The number of anilines is 1. The molecular weight excluding hydrogens is 416 g/mol. The number of rotatable bonds is 8. The third-order valence-corrected chi connectivity index (χ3v) is 6.81. The van der Waals surface area contributed by atoms with E-state index in [0.29, 0.717) is 5.75 Å². The topological polar surface area (TPSA) is 93.7 Å². The second-order valence-electron chi connectivity index (χ2n) is 7.99. The largest absolute Gasteiger partial charge is 0.495 e. The molecular formula is C23H30N2O5S. The average molecular weight is 447 g/mol. The van der Waals surface area contributed by atoms with Crippen LogP contribution in [0, 0.1) is 0 Å². The number of hydrogen-bond donors (Lipinski definition) is 2. The standard InChI is InChI=1S/C23H30N2O5S/c1-15(2)25-31(27,28)18-12-13-22(29-4)20(14-18)24-23(26)16(3)30-21-11-7-9-17-8-5-6-10-19(17)21/h7,9,11-16,25H,5-6,8,10H2,1-4H3,(H,24,26). The molecule has 0 aromatic heterocycles. The van der Waals surface area contributed by atoms with Crippen LogP contribution in [0.3, 0.4) is 0 Å². The first-order valence-electron chi connectivity index (χ1n) is 10.5. The molecule has 0 saturated heterocycles. The van der Waals surface area contributed by atoms with Gasteiger partial charge in [0.15, 0.2) is 6.10 Å². The number of carbonyl (C=O) groups is 1. The van der Waals surface area contributed by atoms with Crippen LogP contribution in [0.5, 0.6) is 11.5 Å². The number of fused-ring (bicyclic) bond motifs is 1. The summed E-state index contributed by atoms with van der Waals surface area (Å²) in [6.45, 7) is 5.15. The van der Waals surface area contributed by atoms with Gasteiger partial charge in [0, 0.05) is 6.04 Å². The molecule has 0 aliphatic heterocycles. The van der Waals surface area contributed by atoms with Gasteiger partial charge in [-0.05, 0) is 81.8 Å². The van der Waals surface area contributed by atoms with E-state index < -0.39 is 22.0 Å². The maximum absolute atomic E-state index is 12.8. The van der Waals surface area contributed by atoms with Gasteiger partial charge < -0.3 is 14.8 Å². The predicted molar refractivity (Wildman–Crippen MR) is 120 cm³/mol. The molecule has 31 heavy (non-hydrogen) atoms. The lowest BCUT2D eigenvalue weighted by Gasteiger charge is -2.22. The lowest BCUT2D eigenvalue weighted by atomic mass is 9.91. The molecule has 3 rings (SSSR count). The fourth-order valence-electron chi connectivity index (χ4n) is 3.67. The second-order valence-corrected chi connectivity index (χ2v) is 9.70. The Labute approximate surface area is 184 Å². The van der Waals surface area contributed by atoms with Crippen molar-refractivity contribution in [2.24, 2.45) is 0 Å². The Kier molecular flexibility index (Phi) is 7.23. The van der Waals surface area contributed by atoms with E-state index in [1.807, 2.05) is 12.1 Å². The van der Waals surface area contributed by atoms with Crippen LogP contribution >= 0.6 is 0 Å². The first-order chi connectivity index (χ1) is 14.7. The van der Waals surface area contributed by atoms with Crippen molar-refractivity contribution in [1.29, 1.82) is 0 Å². The van der Waals surface area contributed by atoms with E-state index in [0.717, 1.165) is 31.4 Å². The first kappa shape index (κ1) is 23.1. The van der Waals surface area contributed by atoms with Crippen LogP contribution in [0.15, 0.2) is 41.3 Å². The molecule has 0 spiro atoms. The summed E-state index contributed by atoms with van der Waals surface area (Å²) < 4.78 is 38.8. The van der Waals surface area contributed by atoms with Crippen molar-refractivity contribution in [2.75, 3.05) is 12.4 Å². The van der Waals surface area contributed by atoms with Crippen LogP contribution in [-0.4, -0.2) is 33.6 Å². The van der Waals surface area contributed by atoms with Crippen molar-refractivity contribution in [2.45, 2.75) is 63.5 Å². The van der Waals surface area contributed by atoms with Gasteiger partial charge in [-0.15, -0.1) is 0 Å². The molecule has 0 bridgehead atoms. The quantitative estimate of drug-likeness (QED) is 0.645. The molecule has 0 saturated carbocycles. The maximum Gasteiger partial charge on any atom is 0.265 e. The Bertz CT molecular complexity index is 1050. The monoisotopic (exact) mass is 446 g/mol. The first-order valence-corrected chi connectivity index (χ1v) is 12.0. The highest BCUT2D eigenvalue weighted by Crippen LogP contribution is 2.31. The number of methoxy groups -OCH3 is 1. The van der Waals surface area contributed by atoms with Crippen LogP contribution in [0.25, 0.3) is 0 Å². The van der Waals surface area contributed by atoms with Gasteiger partial charge in [0.1, 0.15) is 11.5 Å². The van der Waals surface area contributed by atoms with Crippen molar-refractivity contribution in [3.63, 3.8) is 0 Å². The molecule has 2 aromatic carbocycles. The number of hydrogen-bond acceptors (Lipinski definition) is 5. The number of sulfonamides is 1. The zero-order chi connectivity index (χ0) is 22.6. The van der Waals surface area contributed by atoms with Crippen molar-refractivity contribution in [3.8, 4) is 11.5 Å². The highest BCUT2D eigenvalue weighted by atomic mass is 32.2. The van der Waals surface area contributed by atoms with Gasteiger partial charge in [0.25, 0.3) is 5.91 Å². The lowest BCUT2D eigenvalue weighted by molar-refractivity contribution is -0.122. The summed E-state index contributed by atoms with van der Waals surface area (Å²) in [4.78, 5) is 12.9.